The van der Waals surface area contributed by atoms with Gasteiger partial charge in [-0.05, 0) is 46.5 Å². The van der Waals surface area contributed by atoms with E-state index in [-0.39, 0.29) is 5.75 Å². The van der Waals surface area contributed by atoms with Crippen molar-refractivity contribution < 1.29 is 8.42 Å². The molecule has 0 N–H and O–H groups in total. The smallest absolute Gasteiger partial charge is 0.236 e. The van der Waals surface area contributed by atoms with Crippen molar-refractivity contribution in [3.63, 3.8) is 0 Å². The second kappa shape index (κ2) is 5.16. The molecule has 0 bridgehead atoms. The van der Waals surface area contributed by atoms with E-state index in [1.54, 1.807) is 18.3 Å². The maximum absolute atomic E-state index is 11.1. The van der Waals surface area contributed by atoms with E-state index in [2.05, 4.69) is 21.0 Å². The van der Waals surface area contributed by atoms with E-state index >= 15 is 0 Å². The first-order valence-electron chi connectivity index (χ1n) is 6.19. The fraction of sp³-hybridized carbons (Fsp3) is 0.308. The largest absolute Gasteiger partial charge is 0.236 e. The van der Waals surface area contributed by atoms with Gasteiger partial charge in [0.1, 0.15) is 0 Å². The fourth-order valence-corrected chi connectivity index (χ4v) is 3.75. The molecule has 1 heterocycles. The number of hydrogen-bond donors (Lipinski definition) is 0. The summed E-state index contributed by atoms with van der Waals surface area (Å²) in [7, 11) is 1.73. The SMILES string of the molecule is O=S(=O)(Cl)Cc1ccc(-n2ncc(Br)c2C2CC2)cc1. The standard InChI is InChI=1S/C13H12BrClN2O2S/c14-12-7-16-17(13(12)10-3-4-10)11-5-1-9(2-6-11)8-20(15,18)19/h1-2,5-7,10H,3-4,8H2. The quantitative estimate of drug-likeness (QED) is 0.768. The van der Waals surface area contributed by atoms with Crippen molar-refractivity contribution in [1.82, 2.24) is 9.78 Å². The monoisotopic (exact) mass is 374 g/mol. The molecule has 0 spiro atoms. The highest BCUT2D eigenvalue weighted by Crippen LogP contribution is 2.43. The Morgan fingerprint density at radius 3 is 2.50 bits per heavy atom. The predicted molar refractivity (Wildman–Crippen MR) is 81.7 cm³/mol. The third-order valence-corrected chi connectivity index (χ3v) is 4.86. The average molecular weight is 376 g/mol. The minimum absolute atomic E-state index is 0.160. The van der Waals surface area contributed by atoms with Crippen LogP contribution in [-0.2, 0) is 14.8 Å². The van der Waals surface area contributed by atoms with Crippen LogP contribution in [0.1, 0.15) is 30.0 Å². The molecule has 0 amide bonds. The molecule has 1 saturated carbocycles. The molecule has 3 rings (SSSR count). The van der Waals surface area contributed by atoms with Crippen LogP contribution < -0.4 is 0 Å². The predicted octanol–water partition coefficient (Wildman–Crippen LogP) is 3.58. The lowest BCUT2D eigenvalue weighted by Gasteiger charge is -2.08. The molecule has 20 heavy (non-hydrogen) atoms. The Morgan fingerprint density at radius 1 is 1.30 bits per heavy atom. The van der Waals surface area contributed by atoms with Crippen molar-refractivity contribution in [1.29, 1.82) is 0 Å². The number of aromatic nitrogens is 2. The number of nitrogens with zero attached hydrogens (tertiary/aromatic N) is 2. The fourth-order valence-electron chi connectivity index (χ4n) is 2.20. The zero-order valence-electron chi connectivity index (χ0n) is 10.5. The van der Waals surface area contributed by atoms with Crippen molar-refractivity contribution in [2.75, 3.05) is 0 Å². The van der Waals surface area contributed by atoms with E-state index in [1.807, 2.05) is 16.8 Å². The van der Waals surface area contributed by atoms with Gasteiger partial charge >= 0.3 is 0 Å². The molecule has 106 valence electrons. The molecular weight excluding hydrogens is 364 g/mol. The highest BCUT2D eigenvalue weighted by Gasteiger charge is 2.30. The first kappa shape index (κ1) is 14.1. The van der Waals surface area contributed by atoms with Gasteiger partial charge in [-0.15, -0.1) is 0 Å². The summed E-state index contributed by atoms with van der Waals surface area (Å²) < 4.78 is 25.0. The summed E-state index contributed by atoms with van der Waals surface area (Å²) in [6.07, 6.45) is 4.17. The molecule has 1 aromatic heterocycles. The third kappa shape index (κ3) is 3.07. The van der Waals surface area contributed by atoms with Crippen molar-refractivity contribution in [3.05, 3.63) is 46.2 Å². The van der Waals surface area contributed by atoms with Gasteiger partial charge in [0.15, 0.2) is 0 Å². The third-order valence-electron chi connectivity index (χ3n) is 3.24. The molecule has 7 heteroatoms. The van der Waals surface area contributed by atoms with E-state index < -0.39 is 9.05 Å². The Hall–Kier alpha value is -0.850. The maximum atomic E-state index is 11.1. The van der Waals surface area contributed by atoms with Gasteiger partial charge in [0.2, 0.25) is 9.05 Å². The van der Waals surface area contributed by atoms with Crippen LogP contribution >= 0.6 is 26.6 Å². The minimum atomic E-state index is -3.52. The molecule has 1 aliphatic carbocycles. The van der Waals surface area contributed by atoms with Gasteiger partial charge in [-0.3, -0.25) is 0 Å². The molecule has 4 nitrogen and oxygen atoms in total. The average Bonchev–Trinajstić information content (AvgIpc) is 3.12. The van der Waals surface area contributed by atoms with Gasteiger partial charge in [-0.1, -0.05) is 12.1 Å². The summed E-state index contributed by atoms with van der Waals surface area (Å²) in [6.45, 7) is 0. The molecule has 0 saturated heterocycles. The van der Waals surface area contributed by atoms with Crippen LogP contribution in [0.25, 0.3) is 5.69 Å². The lowest BCUT2D eigenvalue weighted by Crippen LogP contribution is -2.02. The lowest BCUT2D eigenvalue weighted by molar-refractivity contribution is 0.609. The van der Waals surface area contributed by atoms with Crippen LogP contribution in [0, 0.1) is 0 Å². The summed E-state index contributed by atoms with van der Waals surface area (Å²) in [6, 6.07) is 7.26. The van der Waals surface area contributed by atoms with Crippen LogP contribution in [0.5, 0.6) is 0 Å². The highest BCUT2D eigenvalue weighted by molar-refractivity contribution is 9.10. The molecular formula is C13H12BrClN2O2S. The number of benzene rings is 1. The van der Waals surface area contributed by atoms with Gasteiger partial charge in [-0.2, -0.15) is 5.10 Å². The second-order valence-electron chi connectivity index (χ2n) is 4.91. The Balaban J connectivity index is 1.92. The molecule has 0 aliphatic heterocycles. The van der Waals surface area contributed by atoms with Gasteiger partial charge in [0.05, 0.1) is 27.8 Å². The molecule has 0 radical (unpaired) electrons. The van der Waals surface area contributed by atoms with E-state index in [1.165, 1.54) is 18.5 Å². The van der Waals surface area contributed by atoms with Crippen LogP contribution in [0.3, 0.4) is 0 Å². The van der Waals surface area contributed by atoms with Crippen LogP contribution in [0.4, 0.5) is 0 Å². The molecule has 1 aromatic carbocycles. The number of hydrogen-bond acceptors (Lipinski definition) is 3. The Bertz CT molecular complexity index is 736. The van der Waals surface area contributed by atoms with E-state index in [0.717, 1.165) is 10.2 Å². The van der Waals surface area contributed by atoms with Crippen molar-refractivity contribution in [2.45, 2.75) is 24.5 Å². The van der Waals surface area contributed by atoms with Gasteiger partial charge in [-0.25, -0.2) is 13.1 Å². The minimum Gasteiger partial charge on any atom is -0.236 e. The Morgan fingerprint density at radius 2 is 1.95 bits per heavy atom. The summed E-state index contributed by atoms with van der Waals surface area (Å²) in [5.41, 5.74) is 2.78. The van der Waals surface area contributed by atoms with E-state index in [0.29, 0.717) is 11.5 Å². The van der Waals surface area contributed by atoms with Crippen molar-refractivity contribution in [3.8, 4) is 5.69 Å². The van der Waals surface area contributed by atoms with Crippen molar-refractivity contribution in [2.24, 2.45) is 0 Å². The summed E-state index contributed by atoms with van der Waals surface area (Å²) in [5.74, 6) is 0.405. The number of halogens is 2. The van der Waals surface area contributed by atoms with E-state index in [9.17, 15) is 8.42 Å². The zero-order chi connectivity index (χ0) is 14.3. The van der Waals surface area contributed by atoms with Crippen LogP contribution in [0.15, 0.2) is 34.9 Å². The summed E-state index contributed by atoms with van der Waals surface area (Å²) in [4.78, 5) is 0. The summed E-state index contributed by atoms with van der Waals surface area (Å²) >= 11 is 3.53. The van der Waals surface area contributed by atoms with E-state index in [4.69, 9.17) is 10.7 Å². The molecule has 2 aromatic rings. The van der Waals surface area contributed by atoms with Gasteiger partial charge < -0.3 is 0 Å². The van der Waals surface area contributed by atoms with Gasteiger partial charge in [0, 0.05) is 16.6 Å². The first-order valence-corrected chi connectivity index (χ1v) is 9.46. The molecule has 0 unspecified atom stereocenters. The van der Waals surface area contributed by atoms with Crippen LogP contribution in [0.2, 0.25) is 0 Å². The molecule has 1 fully saturated rings. The Labute approximate surface area is 130 Å². The first-order chi connectivity index (χ1) is 9.44. The maximum Gasteiger partial charge on any atom is 0.236 e. The van der Waals surface area contributed by atoms with Gasteiger partial charge in [0.25, 0.3) is 0 Å². The zero-order valence-corrected chi connectivity index (χ0v) is 13.6. The highest BCUT2D eigenvalue weighted by atomic mass is 79.9. The normalized spacial score (nSPS) is 15.5. The van der Waals surface area contributed by atoms with Crippen LogP contribution in [-0.4, -0.2) is 18.2 Å². The Kier molecular flexibility index (Phi) is 3.64. The lowest BCUT2D eigenvalue weighted by atomic mass is 10.2. The van der Waals surface area contributed by atoms with Crippen molar-refractivity contribution >= 4 is 35.7 Å². The topological polar surface area (TPSA) is 52.0 Å². The number of rotatable bonds is 4. The molecule has 1 aliphatic rings. The molecule has 0 atom stereocenters. The second-order valence-corrected chi connectivity index (χ2v) is 8.54. The summed E-state index contributed by atoms with van der Waals surface area (Å²) in [5, 5.41) is 4.38.